The number of aliphatic hydroxyl groups excluding tert-OH is 1. The van der Waals surface area contributed by atoms with Crippen molar-refractivity contribution in [2.24, 2.45) is 5.92 Å². The minimum atomic E-state index is 0.320. The van der Waals surface area contributed by atoms with E-state index in [-0.39, 0.29) is 0 Å². The van der Waals surface area contributed by atoms with Gasteiger partial charge in [-0.05, 0) is 48.9 Å². The molecule has 2 aliphatic heterocycles. The van der Waals surface area contributed by atoms with Crippen molar-refractivity contribution >= 4 is 0 Å². The first-order valence-corrected chi connectivity index (χ1v) is 7.92. The van der Waals surface area contributed by atoms with Crippen molar-refractivity contribution in [1.82, 2.24) is 4.90 Å². The van der Waals surface area contributed by atoms with Crippen molar-refractivity contribution in [1.29, 1.82) is 0 Å². The Morgan fingerprint density at radius 3 is 3.15 bits per heavy atom. The van der Waals surface area contributed by atoms with Crippen LogP contribution in [0.2, 0.25) is 0 Å². The third kappa shape index (κ3) is 2.70. The van der Waals surface area contributed by atoms with Crippen molar-refractivity contribution < 1.29 is 9.84 Å². The van der Waals surface area contributed by atoms with Crippen LogP contribution in [0, 0.1) is 5.92 Å². The summed E-state index contributed by atoms with van der Waals surface area (Å²) in [5.41, 5.74) is 2.71. The number of piperidine rings is 1. The maximum absolute atomic E-state index is 9.41. The predicted octanol–water partition coefficient (Wildman–Crippen LogP) is 2.78. The SMILES string of the molecule is CCC(c1ccc2c(c1)OCC2)N1CCCC(CO)C1. The van der Waals surface area contributed by atoms with Gasteiger partial charge in [0.2, 0.25) is 0 Å². The van der Waals surface area contributed by atoms with Crippen LogP contribution in [-0.2, 0) is 6.42 Å². The number of benzene rings is 1. The van der Waals surface area contributed by atoms with Gasteiger partial charge in [-0.1, -0.05) is 19.1 Å². The molecular weight excluding hydrogens is 250 g/mol. The molecule has 0 saturated carbocycles. The summed E-state index contributed by atoms with van der Waals surface area (Å²) in [5, 5.41) is 9.41. The molecule has 0 radical (unpaired) electrons. The first kappa shape index (κ1) is 13.9. The molecule has 2 heterocycles. The fraction of sp³-hybridized carbons (Fsp3) is 0.647. The molecule has 2 atom stereocenters. The lowest BCUT2D eigenvalue weighted by molar-refractivity contribution is 0.0857. The van der Waals surface area contributed by atoms with Crippen molar-refractivity contribution in [3.63, 3.8) is 0 Å². The van der Waals surface area contributed by atoms with E-state index in [9.17, 15) is 5.11 Å². The number of hydrogen-bond donors (Lipinski definition) is 1. The zero-order valence-corrected chi connectivity index (χ0v) is 12.3. The molecule has 2 unspecified atom stereocenters. The molecule has 0 amide bonds. The highest BCUT2D eigenvalue weighted by atomic mass is 16.5. The number of hydrogen-bond acceptors (Lipinski definition) is 3. The molecule has 1 fully saturated rings. The third-order valence-corrected chi connectivity index (χ3v) is 4.74. The molecule has 0 aliphatic carbocycles. The monoisotopic (exact) mass is 275 g/mol. The van der Waals surface area contributed by atoms with Crippen LogP contribution in [0.3, 0.4) is 0 Å². The smallest absolute Gasteiger partial charge is 0.122 e. The highest BCUT2D eigenvalue weighted by Gasteiger charge is 2.26. The number of nitrogens with zero attached hydrogens (tertiary/aromatic N) is 1. The standard InChI is InChI=1S/C17H25NO2/c1-2-16(18-8-3-4-13(11-18)12-19)15-6-5-14-7-9-20-17(14)10-15/h5-6,10,13,16,19H,2-4,7-9,11-12H2,1H3. The molecule has 1 aromatic carbocycles. The lowest BCUT2D eigenvalue weighted by atomic mass is 9.93. The zero-order valence-electron chi connectivity index (χ0n) is 12.3. The van der Waals surface area contributed by atoms with Gasteiger partial charge in [-0.3, -0.25) is 4.90 Å². The van der Waals surface area contributed by atoms with E-state index >= 15 is 0 Å². The summed E-state index contributed by atoms with van der Waals surface area (Å²) in [6.45, 7) is 5.56. The van der Waals surface area contributed by atoms with Gasteiger partial charge >= 0.3 is 0 Å². The third-order valence-electron chi connectivity index (χ3n) is 4.74. The van der Waals surface area contributed by atoms with E-state index in [0.717, 1.165) is 44.7 Å². The van der Waals surface area contributed by atoms with Crippen LogP contribution >= 0.6 is 0 Å². The van der Waals surface area contributed by atoms with Crippen LogP contribution in [0.1, 0.15) is 43.4 Å². The number of ether oxygens (including phenoxy) is 1. The Bertz CT molecular complexity index is 460. The Morgan fingerprint density at radius 2 is 2.35 bits per heavy atom. The van der Waals surface area contributed by atoms with E-state index in [2.05, 4.69) is 30.0 Å². The first-order chi connectivity index (χ1) is 9.81. The maximum Gasteiger partial charge on any atom is 0.122 e. The van der Waals surface area contributed by atoms with Crippen molar-refractivity contribution in [2.45, 2.75) is 38.6 Å². The van der Waals surface area contributed by atoms with E-state index in [1.807, 2.05) is 0 Å². The van der Waals surface area contributed by atoms with Crippen molar-refractivity contribution in [2.75, 3.05) is 26.3 Å². The molecule has 0 spiro atoms. The average molecular weight is 275 g/mol. The van der Waals surface area contributed by atoms with Crippen LogP contribution in [0.4, 0.5) is 0 Å². The average Bonchev–Trinajstić information content (AvgIpc) is 2.96. The van der Waals surface area contributed by atoms with Crippen molar-refractivity contribution in [3.05, 3.63) is 29.3 Å². The lowest BCUT2D eigenvalue weighted by Crippen LogP contribution is -2.39. The second-order valence-electron chi connectivity index (χ2n) is 6.08. The molecule has 3 nitrogen and oxygen atoms in total. The van der Waals surface area contributed by atoms with Gasteiger partial charge in [0.25, 0.3) is 0 Å². The van der Waals surface area contributed by atoms with Gasteiger partial charge in [0.1, 0.15) is 5.75 Å². The normalized spacial score (nSPS) is 24.2. The highest BCUT2D eigenvalue weighted by molar-refractivity contribution is 5.41. The predicted molar refractivity (Wildman–Crippen MR) is 80.1 cm³/mol. The zero-order chi connectivity index (χ0) is 13.9. The molecule has 1 saturated heterocycles. The van der Waals surface area contributed by atoms with Crippen LogP contribution < -0.4 is 4.74 Å². The minimum Gasteiger partial charge on any atom is -0.493 e. The highest BCUT2D eigenvalue weighted by Crippen LogP contribution is 2.34. The second-order valence-corrected chi connectivity index (χ2v) is 6.08. The van der Waals surface area contributed by atoms with Gasteiger partial charge < -0.3 is 9.84 Å². The first-order valence-electron chi connectivity index (χ1n) is 7.92. The van der Waals surface area contributed by atoms with Gasteiger partial charge in [0.05, 0.1) is 6.61 Å². The Hall–Kier alpha value is -1.06. The van der Waals surface area contributed by atoms with E-state index in [0.29, 0.717) is 18.6 Å². The molecule has 3 heteroatoms. The second kappa shape index (κ2) is 6.15. The Morgan fingerprint density at radius 1 is 1.45 bits per heavy atom. The molecule has 0 aromatic heterocycles. The van der Waals surface area contributed by atoms with Crippen LogP contribution in [-0.4, -0.2) is 36.3 Å². The number of rotatable bonds is 4. The van der Waals surface area contributed by atoms with Gasteiger partial charge in [-0.15, -0.1) is 0 Å². The summed E-state index contributed by atoms with van der Waals surface area (Å²) in [5.74, 6) is 1.53. The van der Waals surface area contributed by atoms with E-state index in [4.69, 9.17) is 4.74 Å². The molecular formula is C17H25NO2. The molecule has 1 aromatic rings. The molecule has 2 aliphatic rings. The summed E-state index contributed by atoms with van der Waals surface area (Å²) < 4.78 is 5.70. The summed E-state index contributed by atoms with van der Waals surface area (Å²) in [7, 11) is 0. The fourth-order valence-electron chi connectivity index (χ4n) is 3.62. The summed E-state index contributed by atoms with van der Waals surface area (Å²) >= 11 is 0. The Balaban J connectivity index is 1.78. The molecule has 20 heavy (non-hydrogen) atoms. The molecule has 1 N–H and O–H groups in total. The van der Waals surface area contributed by atoms with Crippen LogP contribution in [0.25, 0.3) is 0 Å². The molecule has 0 bridgehead atoms. The van der Waals surface area contributed by atoms with Gasteiger partial charge in [0, 0.05) is 25.6 Å². The summed E-state index contributed by atoms with van der Waals surface area (Å²) in [4.78, 5) is 2.54. The quantitative estimate of drug-likeness (QED) is 0.917. The lowest BCUT2D eigenvalue weighted by Gasteiger charge is -2.37. The van der Waals surface area contributed by atoms with Crippen molar-refractivity contribution in [3.8, 4) is 5.75 Å². The number of fused-ring (bicyclic) bond motifs is 1. The van der Waals surface area contributed by atoms with Crippen LogP contribution in [0.5, 0.6) is 5.75 Å². The fourth-order valence-corrected chi connectivity index (χ4v) is 3.62. The molecule has 3 rings (SSSR count). The van der Waals surface area contributed by atoms with Gasteiger partial charge in [-0.2, -0.15) is 0 Å². The van der Waals surface area contributed by atoms with Gasteiger partial charge in [-0.25, -0.2) is 0 Å². The largest absolute Gasteiger partial charge is 0.493 e. The van der Waals surface area contributed by atoms with Gasteiger partial charge in [0.15, 0.2) is 0 Å². The van der Waals surface area contributed by atoms with E-state index < -0.39 is 0 Å². The van der Waals surface area contributed by atoms with Crippen LogP contribution in [0.15, 0.2) is 18.2 Å². The topological polar surface area (TPSA) is 32.7 Å². The number of aliphatic hydroxyl groups is 1. The summed E-state index contributed by atoms with van der Waals surface area (Å²) in [6.07, 6.45) is 4.51. The number of likely N-dealkylation sites (tertiary alicyclic amines) is 1. The minimum absolute atomic E-state index is 0.320. The summed E-state index contributed by atoms with van der Waals surface area (Å²) in [6, 6.07) is 7.19. The maximum atomic E-state index is 9.41. The van der Waals surface area contributed by atoms with E-state index in [1.54, 1.807) is 0 Å². The Labute approximate surface area is 121 Å². The Kier molecular flexibility index (Phi) is 4.27. The molecule has 110 valence electrons. The van der Waals surface area contributed by atoms with E-state index in [1.165, 1.54) is 17.5 Å².